The summed E-state index contributed by atoms with van der Waals surface area (Å²) in [5, 5.41) is 3.39. The van der Waals surface area contributed by atoms with Gasteiger partial charge in [0.05, 0.1) is 0 Å². The molecule has 3 fully saturated rings. The standard InChI is InChI=1S/C16H31N3/c1-13-8-14(10-16(2,3)9-13)18-4-6-19(7-5-18)15-11-17-12-15/h13-15,17H,4-12H2,1-3H3. The monoisotopic (exact) mass is 265 g/mol. The second kappa shape index (κ2) is 5.34. The SMILES string of the molecule is CC1CC(N2CCN(C3CNC3)CC2)CC(C)(C)C1. The highest BCUT2D eigenvalue weighted by Crippen LogP contribution is 2.40. The van der Waals surface area contributed by atoms with E-state index >= 15 is 0 Å². The largest absolute Gasteiger partial charge is 0.314 e. The molecule has 2 unspecified atom stereocenters. The van der Waals surface area contributed by atoms with Crippen LogP contribution >= 0.6 is 0 Å². The molecule has 0 aromatic heterocycles. The molecule has 2 heterocycles. The number of nitrogens with zero attached hydrogens (tertiary/aromatic N) is 2. The van der Waals surface area contributed by atoms with E-state index in [0.29, 0.717) is 5.41 Å². The first-order chi connectivity index (χ1) is 9.03. The van der Waals surface area contributed by atoms with E-state index in [1.165, 1.54) is 58.5 Å². The number of piperazine rings is 1. The van der Waals surface area contributed by atoms with Crippen molar-refractivity contribution in [2.75, 3.05) is 39.3 Å². The molecule has 3 heteroatoms. The lowest BCUT2D eigenvalue weighted by Crippen LogP contribution is -2.62. The Morgan fingerprint density at radius 2 is 1.47 bits per heavy atom. The molecule has 2 aliphatic heterocycles. The van der Waals surface area contributed by atoms with Gasteiger partial charge >= 0.3 is 0 Å². The Balaban J connectivity index is 1.52. The fourth-order valence-electron chi connectivity index (χ4n) is 4.57. The summed E-state index contributed by atoms with van der Waals surface area (Å²) in [6.45, 7) is 15.0. The summed E-state index contributed by atoms with van der Waals surface area (Å²) >= 11 is 0. The number of hydrogen-bond acceptors (Lipinski definition) is 3. The zero-order chi connectivity index (χ0) is 13.5. The summed E-state index contributed by atoms with van der Waals surface area (Å²) in [4.78, 5) is 5.49. The lowest BCUT2D eigenvalue weighted by atomic mass is 9.70. The van der Waals surface area contributed by atoms with Gasteiger partial charge in [0, 0.05) is 51.4 Å². The minimum absolute atomic E-state index is 0.553. The van der Waals surface area contributed by atoms with Crippen LogP contribution in [0.1, 0.15) is 40.0 Å². The van der Waals surface area contributed by atoms with Crippen LogP contribution in [0.25, 0.3) is 0 Å². The normalized spacial score (nSPS) is 38.1. The van der Waals surface area contributed by atoms with Gasteiger partial charge in [0.1, 0.15) is 0 Å². The van der Waals surface area contributed by atoms with Crippen LogP contribution in [0.3, 0.4) is 0 Å². The van der Waals surface area contributed by atoms with Crippen molar-refractivity contribution < 1.29 is 0 Å². The van der Waals surface area contributed by atoms with Crippen LogP contribution in [0.2, 0.25) is 0 Å². The van der Waals surface area contributed by atoms with E-state index in [9.17, 15) is 0 Å². The molecule has 0 bridgehead atoms. The predicted molar refractivity (Wildman–Crippen MR) is 80.4 cm³/mol. The van der Waals surface area contributed by atoms with Gasteiger partial charge in [0.25, 0.3) is 0 Å². The summed E-state index contributed by atoms with van der Waals surface area (Å²) in [6.07, 6.45) is 4.24. The van der Waals surface area contributed by atoms with E-state index in [0.717, 1.165) is 18.0 Å². The zero-order valence-electron chi connectivity index (χ0n) is 13.0. The quantitative estimate of drug-likeness (QED) is 0.821. The van der Waals surface area contributed by atoms with Gasteiger partial charge in [-0.3, -0.25) is 9.80 Å². The maximum atomic E-state index is 3.39. The van der Waals surface area contributed by atoms with Gasteiger partial charge in [-0.25, -0.2) is 0 Å². The third-order valence-corrected chi connectivity index (χ3v) is 5.51. The van der Waals surface area contributed by atoms with Gasteiger partial charge in [0.2, 0.25) is 0 Å². The van der Waals surface area contributed by atoms with Crippen molar-refractivity contribution in [3.05, 3.63) is 0 Å². The Kier molecular flexibility index (Phi) is 3.89. The summed E-state index contributed by atoms with van der Waals surface area (Å²) < 4.78 is 0. The maximum absolute atomic E-state index is 3.39. The molecule has 0 amide bonds. The highest BCUT2D eigenvalue weighted by molar-refractivity contribution is 4.92. The second-order valence-corrected chi connectivity index (χ2v) is 7.95. The Labute approximate surface area is 118 Å². The first-order valence-electron chi connectivity index (χ1n) is 8.22. The first kappa shape index (κ1) is 13.8. The number of nitrogens with one attached hydrogen (secondary N) is 1. The van der Waals surface area contributed by atoms with Crippen LogP contribution in [0.15, 0.2) is 0 Å². The maximum Gasteiger partial charge on any atom is 0.0346 e. The highest BCUT2D eigenvalue weighted by atomic mass is 15.3. The molecule has 1 saturated carbocycles. The van der Waals surface area contributed by atoms with Crippen molar-refractivity contribution in [1.82, 2.24) is 15.1 Å². The van der Waals surface area contributed by atoms with Gasteiger partial charge < -0.3 is 5.32 Å². The summed E-state index contributed by atoms with van der Waals surface area (Å²) in [7, 11) is 0. The van der Waals surface area contributed by atoms with Crippen LogP contribution in [-0.2, 0) is 0 Å². The van der Waals surface area contributed by atoms with Crippen LogP contribution in [0, 0.1) is 11.3 Å². The second-order valence-electron chi connectivity index (χ2n) is 7.95. The molecule has 3 aliphatic rings. The van der Waals surface area contributed by atoms with Gasteiger partial charge in [-0.2, -0.15) is 0 Å². The Hall–Kier alpha value is -0.120. The van der Waals surface area contributed by atoms with E-state index in [-0.39, 0.29) is 0 Å². The van der Waals surface area contributed by atoms with Crippen molar-refractivity contribution in [3.8, 4) is 0 Å². The summed E-state index contributed by atoms with van der Waals surface area (Å²) in [6, 6.07) is 1.68. The number of hydrogen-bond donors (Lipinski definition) is 1. The van der Waals surface area contributed by atoms with Gasteiger partial charge in [0.15, 0.2) is 0 Å². The van der Waals surface area contributed by atoms with Crippen LogP contribution < -0.4 is 5.32 Å². The zero-order valence-corrected chi connectivity index (χ0v) is 13.0. The molecule has 3 rings (SSSR count). The van der Waals surface area contributed by atoms with Crippen molar-refractivity contribution in [2.45, 2.75) is 52.1 Å². The van der Waals surface area contributed by atoms with Crippen LogP contribution in [0.4, 0.5) is 0 Å². The van der Waals surface area contributed by atoms with Gasteiger partial charge in [-0.1, -0.05) is 20.8 Å². The lowest BCUT2D eigenvalue weighted by Gasteiger charge is -2.49. The average molecular weight is 265 g/mol. The van der Waals surface area contributed by atoms with E-state index in [2.05, 4.69) is 35.9 Å². The average Bonchev–Trinajstić information content (AvgIpc) is 2.25. The molecule has 110 valence electrons. The minimum atomic E-state index is 0.553. The third kappa shape index (κ3) is 3.14. The molecule has 1 N–H and O–H groups in total. The summed E-state index contributed by atoms with van der Waals surface area (Å²) in [5.41, 5.74) is 0.553. The number of rotatable bonds is 2. The van der Waals surface area contributed by atoms with Gasteiger partial charge in [-0.05, 0) is 30.6 Å². The molecule has 0 aromatic carbocycles. The van der Waals surface area contributed by atoms with Crippen molar-refractivity contribution >= 4 is 0 Å². The Morgan fingerprint density at radius 3 is 1.95 bits per heavy atom. The van der Waals surface area contributed by atoms with Crippen LogP contribution in [-0.4, -0.2) is 61.2 Å². The fourth-order valence-corrected chi connectivity index (χ4v) is 4.57. The molecular formula is C16H31N3. The third-order valence-electron chi connectivity index (χ3n) is 5.51. The van der Waals surface area contributed by atoms with Crippen molar-refractivity contribution in [2.24, 2.45) is 11.3 Å². The predicted octanol–water partition coefficient (Wildman–Crippen LogP) is 1.79. The van der Waals surface area contributed by atoms with E-state index < -0.39 is 0 Å². The molecule has 2 saturated heterocycles. The molecule has 0 spiro atoms. The Morgan fingerprint density at radius 1 is 0.895 bits per heavy atom. The summed E-state index contributed by atoms with van der Waals surface area (Å²) in [5.74, 6) is 0.905. The van der Waals surface area contributed by atoms with Gasteiger partial charge in [-0.15, -0.1) is 0 Å². The Bertz CT molecular complexity index is 303. The molecular weight excluding hydrogens is 234 g/mol. The highest BCUT2D eigenvalue weighted by Gasteiger charge is 2.36. The van der Waals surface area contributed by atoms with Crippen molar-refractivity contribution in [3.63, 3.8) is 0 Å². The molecule has 3 nitrogen and oxygen atoms in total. The molecule has 1 aliphatic carbocycles. The van der Waals surface area contributed by atoms with E-state index in [1.54, 1.807) is 0 Å². The molecule has 19 heavy (non-hydrogen) atoms. The molecule has 2 atom stereocenters. The smallest absolute Gasteiger partial charge is 0.0346 e. The van der Waals surface area contributed by atoms with E-state index in [1.807, 2.05) is 0 Å². The topological polar surface area (TPSA) is 18.5 Å². The van der Waals surface area contributed by atoms with Crippen molar-refractivity contribution in [1.29, 1.82) is 0 Å². The molecule has 0 aromatic rings. The lowest BCUT2D eigenvalue weighted by molar-refractivity contribution is 0.0127. The van der Waals surface area contributed by atoms with Crippen LogP contribution in [0.5, 0.6) is 0 Å². The minimum Gasteiger partial charge on any atom is -0.314 e. The molecule has 0 radical (unpaired) electrons. The first-order valence-corrected chi connectivity index (χ1v) is 8.22. The fraction of sp³-hybridized carbons (Fsp3) is 1.00. The van der Waals surface area contributed by atoms with E-state index in [4.69, 9.17) is 0 Å².